The molecule has 1 N–H and O–H groups in total. The molecule has 0 unspecified atom stereocenters. The summed E-state index contributed by atoms with van der Waals surface area (Å²) in [6.07, 6.45) is 0. The summed E-state index contributed by atoms with van der Waals surface area (Å²) in [6.45, 7) is 10.7. The van der Waals surface area contributed by atoms with Crippen LogP contribution in [-0.4, -0.2) is 15.3 Å². The van der Waals surface area contributed by atoms with Gasteiger partial charge in [-0.1, -0.05) is 33.0 Å². The van der Waals surface area contributed by atoms with Crippen molar-refractivity contribution in [1.82, 2.24) is 9.78 Å². The summed E-state index contributed by atoms with van der Waals surface area (Å²) in [5.41, 5.74) is 2.66. The zero-order chi connectivity index (χ0) is 11.6. The Morgan fingerprint density at radius 3 is 2.47 bits per heavy atom. The molecule has 0 amide bonds. The van der Waals surface area contributed by atoms with E-state index in [1.165, 1.54) is 5.49 Å². The molecule has 0 radical (unpaired) electrons. The normalized spacial score (nSPS) is 11.9. The number of anilines is 1. The van der Waals surface area contributed by atoms with E-state index in [2.05, 4.69) is 51.1 Å². The Bertz CT molecular complexity index is 347. The van der Waals surface area contributed by atoms with Gasteiger partial charge in [-0.3, -0.25) is 0 Å². The number of nitrogens with zero attached hydrogens (tertiary/aromatic N) is 2. The monoisotopic (exact) mass is 225 g/mol. The Balaban J connectivity index is 3.14. The molecule has 0 bridgehead atoms. The van der Waals surface area contributed by atoms with E-state index in [-0.39, 0.29) is 5.41 Å². The lowest BCUT2D eigenvalue weighted by Gasteiger charge is -2.14. The van der Waals surface area contributed by atoms with Crippen LogP contribution in [0, 0.1) is 0 Å². The van der Waals surface area contributed by atoms with Gasteiger partial charge in [0.15, 0.2) is 0 Å². The fraction of sp³-hybridized carbons (Fsp3) is 0.636. The second kappa shape index (κ2) is 4.31. The van der Waals surface area contributed by atoms with Gasteiger partial charge in [-0.05, 0) is 13.8 Å². The molecular formula is C11H19N3S. The lowest BCUT2D eigenvalue weighted by Crippen LogP contribution is -2.13. The Morgan fingerprint density at radius 2 is 2.07 bits per heavy atom. The highest BCUT2D eigenvalue weighted by Gasteiger charge is 2.20. The first-order chi connectivity index (χ1) is 6.86. The first-order valence-electron chi connectivity index (χ1n) is 5.16. The molecule has 3 nitrogen and oxygen atoms in total. The third-order valence-corrected chi connectivity index (χ3v) is 2.32. The molecule has 1 heterocycles. The summed E-state index contributed by atoms with van der Waals surface area (Å²) in [5, 5.41) is 7.63. The van der Waals surface area contributed by atoms with E-state index in [1.807, 2.05) is 4.68 Å². The minimum atomic E-state index is 0.0675. The number of hydrogen-bond donors (Lipinski definition) is 1. The summed E-state index contributed by atoms with van der Waals surface area (Å²) >= 11 is 4.81. The summed E-state index contributed by atoms with van der Waals surface area (Å²) in [6, 6.07) is 2.39. The molecule has 0 aliphatic heterocycles. The average molecular weight is 225 g/mol. The van der Waals surface area contributed by atoms with Crippen molar-refractivity contribution >= 4 is 23.5 Å². The van der Waals surface area contributed by atoms with Crippen molar-refractivity contribution in [3.8, 4) is 0 Å². The standard InChI is InChI=1S/C11H19N3S/c1-8(2)14-10(12-7-15)6-9(13-14)11(3,4)5/h6-8H,1-5H3,(H,12,15). The predicted octanol–water partition coefficient (Wildman–Crippen LogP) is 3.13. The Hall–Kier alpha value is -0.900. The van der Waals surface area contributed by atoms with Crippen LogP contribution in [0.3, 0.4) is 0 Å². The van der Waals surface area contributed by atoms with Gasteiger partial charge in [-0.15, -0.1) is 0 Å². The Kier molecular flexibility index (Phi) is 3.50. The van der Waals surface area contributed by atoms with Crippen LogP contribution in [0.15, 0.2) is 6.07 Å². The van der Waals surface area contributed by atoms with Gasteiger partial charge >= 0.3 is 0 Å². The quantitative estimate of drug-likeness (QED) is 0.802. The second-order valence-electron chi connectivity index (χ2n) is 4.97. The molecule has 15 heavy (non-hydrogen) atoms. The first kappa shape index (κ1) is 12.2. The van der Waals surface area contributed by atoms with Crippen LogP contribution >= 0.6 is 12.2 Å². The fourth-order valence-electron chi connectivity index (χ4n) is 1.32. The molecule has 0 saturated carbocycles. The average Bonchev–Trinajstić information content (AvgIpc) is 2.48. The molecule has 0 atom stereocenters. The van der Waals surface area contributed by atoms with E-state index in [1.54, 1.807) is 0 Å². The van der Waals surface area contributed by atoms with Crippen LogP contribution in [-0.2, 0) is 5.41 Å². The Morgan fingerprint density at radius 1 is 1.47 bits per heavy atom. The van der Waals surface area contributed by atoms with Gasteiger partial charge in [0, 0.05) is 17.5 Å². The van der Waals surface area contributed by atoms with E-state index < -0.39 is 0 Å². The maximum atomic E-state index is 4.81. The molecule has 0 spiro atoms. The Labute approximate surface area is 96.9 Å². The van der Waals surface area contributed by atoms with Crippen molar-refractivity contribution < 1.29 is 0 Å². The summed E-state index contributed by atoms with van der Waals surface area (Å²) in [7, 11) is 0. The molecule has 1 aromatic heterocycles. The third kappa shape index (κ3) is 2.78. The van der Waals surface area contributed by atoms with Crippen molar-refractivity contribution in [3.05, 3.63) is 11.8 Å². The summed E-state index contributed by atoms with van der Waals surface area (Å²) < 4.78 is 1.96. The number of aromatic nitrogens is 2. The van der Waals surface area contributed by atoms with E-state index in [0.29, 0.717) is 6.04 Å². The largest absolute Gasteiger partial charge is 0.338 e. The van der Waals surface area contributed by atoms with Gasteiger partial charge in [0.05, 0.1) is 11.2 Å². The zero-order valence-corrected chi connectivity index (χ0v) is 10.9. The van der Waals surface area contributed by atoms with Gasteiger partial charge < -0.3 is 5.32 Å². The molecule has 1 rings (SSSR count). The molecule has 0 fully saturated rings. The third-order valence-electron chi connectivity index (χ3n) is 2.20. The van der Waals surface area contributed by atoms with Crippen molar-refractivity contribution in [2.24, 2.45) is 0 Å². The van der Waals surface area contributed by atoms with Gasteiger partial charge in [0.2, 0.25) is 0 Å². The van der Waals surface area contributed by atoms with E-state index >= 15 is 0 Å². The molecule has 84 valence electrons. The molecule has 0 aromatic carbocycles. The molecular weight excluding hydrogens is 206 g/mol. The fourth-order valence-corrected chi connectivity index (χ4v) is 1.44. The molecule has 0 aliphatic rings. The van der Waals surface area contributed by atoms with Crippen molar-refractivity contribution in [2.75, 3.05) is 5.32 Å². The minimum absolute atomic E-state index is 0.0675. The maximum Gasteiger partial charge on any atom is 0.129 e. The first-order valence-corrected chi connectivity index (χ1v) is 5.63. The molecule has 4 heteroatoms. The van der Waals surface area contributed by atoms with Crippen LogP contribution in [0.5, 0.6) is 0 Å². The van der Waals surface area contributed by atoms with Gasteiger partial charge in [-0.2, -0.15) is 5.10 Å². The van der Waals surface area contributed by atoms with Crippen LogP contribution < -0.4 is 5.32 Å². The maximum absolute atomic E-state index is 4.81. The zero-order valence-electron chi connectivity index (χ0n) is 10.0. The molecule has 0 saturated heterocycles. The topological polar surface area (TPSA) is 29.9 Å². The summed E-state index contributed by atoms with van der Waals surface area (Å²) in [5.74, 6) is 0.963. The van der Waals surface area contributed by atoms with Crippen LogP contribution in [0.1, 0.15) is 46.4 Å². The summed E-state index contributed by atoms with van der Waals surface area (Å²) in [4.78, 5) is 0. The number of nitrogens with one attached hydrogen (secondary N) is 1. The lowest BCUT2D eigenvalue weighted by atomic mass is 9.92. The van der Waals surface area contributed by atoms with Gasteiger partial charge in [0.1, 0.15) is 5.82 Å². The number of hydrogen-bond acceptors (Lipinski definition) is 2. The number of thiocarbonyl (C=S) groups is 1. The lowest BCUT2D eigenvalue weighted by molar-refractivity contribution is 0.499. The van der Waals surface area contributed by atoms with E-state index in [9.17, 15) is 0 Å². The molecule has 1 aromatic rings. The van der Waals surface area contributed by atoms with Crippen LogP contribution in [0.2, 0.25) is 0 Å². The number of rotatable bonds is 3. The van der Waals surface area contributed by atoms with Crippen molar-refractivity contribution in [3.63, 3.8) is 0 Å². The van der Waals surface area contributed by atoms with Gasteiger partial charge in [-0.25, -0.2) is 4.68 Å². The van der Waals surface area contributed by atoms with E-state index in [0.717, 1.165) is 11.5 Å². The highest BCUT2D eigenvalue weighted by Crippen LogP contribution is 2.25. The van der Waals surface area contributed by atoms with Crippen molar-refractivity contribution in [1.29, 1.82) is 0 Å². The molecule has 0 aliphatic carbocycles. The van der Waals surface area contributed by atoms with Crippen LogP contribution in [0.4, 0.5) is 5.82 Å². The highest BCUT2D eigenvalue weighted by atomic mass is 32.1. The highest BCUT2D eigenvalue weighted by molar-refractivity contribution is 7.79. The smallest absolute Gasteiger partial charge is 0.129 e. The minimum Gasteiger partial charge on any atom is -0.338 e. The predicted molar refractivity (Wildman–Crippen MR) is 68.6 cm³/mol. The van der Waals surface area contributed by atoms with Gasteiger partial charge in [0.25, 0.3) is 0 Å². The second-order valence-corrected chi connectivity index (χ2v) is 5.20. The SMILES string of the molecule is CC(C)n1nc(C(C)(C)C)cc1NC=S. The van der Waals surface area contributed by atoms with Crippen molar-refractivity contribution in [2.45, 2.75) is 46.1 Å². The van der Waals surface area contributed by atoms with Crippen LogP contribution in [0.25, 0.3) is 0 Å². The van der Waals surface area contributed by atoms with E-state index in [4.69, 9.17) is 12.2 Å².